The van der Waals surface area contributed by atoms with E-state index in [1.165, 1.54) is 0 Å². The number of ether oxygens (including phenoxy) is 1. The summed E-state index contributed by atoms with van der Waals surface area (Å²) >= 11 is 0. The maximum Gasteiger partial charge on any atom is 0.317 e. The first kappa shape index (κ1) is 17.1. The molecule has 4 unspecified atom stereocenters. The third-order valence-electron chi connectivity index (χ3n) is 3.45. The highest BCUT2D eigenvalue weighted by Crippen LogP contribution is 2.36. The number of esters is 2. The van der Waals surface area contributed by atoms with Gasteiger partial charge in [0.25, 0.3) is 0 Å². The Hall–Kier alpha value is -0.980. The zero-order chi connectivity index (χ0) is 15.1. The summed E-state index contributed by atoms with van der Waals surface area (Å²) < 4.78 is 4.53. The number of carbonyl (C=O) groups excluding carboxylic acids is 2. The van der Waals surface area contributed by atoms with Crippen LogP contribution < -0.4 is 5.32 Å². The van der Waals surface area contributed by atoms with Gasteiger partial charge in [0.05, 0.1) is 24.0 Å². The highest BCUT2D eigenvalue weighted by molar-refractivity contribution is 5.96. The van der Waals surface area contributed by atoms with Crippen molar-refractivity contribution < 1.29 is 24.5 Å². The molecule has 0 spiro atoms. The summed E-state index contributed by atoms with van der Waals surface area (Å²) in [6.45, 7) is 4.50. The molecule has 2 aliphatic rings. The third-order valence-corrected chi connectivity index (χ3v) is 3.45. The topological polar surface area (TPSA) is 95.9 Å². The van der Waals surface area contributed by atoms with Crippen LogP contribution in [0.2, 0.25) is 0 Å². The van der Waals surface area contributed by atoms with Crippen LogP contribution in [-0.4, -0.2) is 47.4 Å². The lowest BCUT2D eigenvalue weighted by molar-refractivity contribution is -0.153. The average molecular weight is 287 g/mol. The Bertz CT molecular complexity index is 300. The van der Waals surface area contributed by atoms with Gasteiger partial charge in [0, 0.05) is 13.1 Å². The van der Waals surface area contributed by atoms with Gasteiger partial charge in [-0.05, 0) is 26.7 Å². The fourth-order valence-electron chi connectivity index (χ4n) is 2.45. The van der Waals surface area contributed by atoms with Crippen molar-refractivity contribution in [3.63, 3.8) is 0 Å². The van der Waals surface area contributed by atoms with Gasteiger partial charge in [0.1, 0.15) is 0 Å². The van der Waals surface area contributed by atoms with E-state index in [1.807, 2.05) is 0 Å². The number of cyclic esters (lactones) is 2. The van der Waals surface area contributed by atoms with Crippen molar-refractivity contribution in [3.8, 4) is 0 Å². The minimum atomic E-state index is -0.330. The Morgan fingerprint density at radius 3 is 1.80 bits per heavy atom. The lowest BCUT2D eigenvalue weighted by Gasteiger charge is -2.18. The molecular formula is C14H25NO5. The second-order valence-electron chi connectivity index (χ2n) is 5.59. The van der Waals surface area contributed by atoms with Crippen molar-refractivity contribution >= 4 is 11.9 Å². The highest BCUT2D eigenvalue weighted by atomic mass is 16.6. The number of aliphatic hydroxyl groups is 2. The van der Waals surface area contributed by atoms with Gasteiger partial charge < -0.3 is 20.3 Å². The molecule has 0 aromatic heterocycles. The molecule has 0 amide bonds. The summed E-state index contributed by atoms with van der Waals surface area (Å²) in [5.41, 5.74) is 0. The number of carbonyl (C=O) groups is 2. The van der Waals surface area contributed by atoms with Crippen molar-refractivity contribution in [2.45, 2.75) is 51.7 Å². The molecule has 4 atom stereocenters. The molecule has 1 aliphatic heterocycles. The maximum atomic E-state index is 11.0. The van der Waals surface area contributed by atoms with E-state index in [0.717, 1.165) is 25.7 Å². The van der Waals surface area contributed by atoms with Crippen LogP contribution in [0, 0.1) is 11.8 Å². The van der Waals surface area contributed by atoms with Crippen LogP contribution in [0.1, 0.15) is 39.5 Å². The Balaban J connectivity index is 0.000000206. The summed E-state index contributed by atoms with van der Waals surface area (Å²) in [5, 5.41) is 20.3. The fraction of sp³-hybridized carbons (Fsp3) is 0.857. The van der Waals surface area contributed by atoms with Crippen LogP contribution in [0.5, 0.6) is 0 Å². The molecule has 6 heteroatoms. The second-order valence-corrected chi connectivity index (χ2v) is 5.59. The number of aliphatic hydroxyl groups excluding tert-OH is 2. The van der Waals surface area contributed by atoms with E-state index in [0.29, 0.717) is 13.1 Å². The molecule has 1 heterocycles. The van der Waals surface area contributed by atoms with Crippen LogP contribution in [0.3, 0.4) is 0 Å². The van der Waals surface area contributed by atoms with Gasteiger partial charge >= 0.3 is 11.9 Å². The summed E-state index contributed by atoms with van der Waals surface area (Å²) in [7, 11) is 0. The van der Waals surface area contributed by atoms with E-state index in [2.05, 4.69) is 10.1 Å². The standard InChI is InChI=1S/C8H10O3.C6H15NO2/c9-7-5-3-1-2-4-6(5)8(10)11-7;1-5(8)3-7-4-6(2)9/h5-6H,1-4H2;5-9H,3-4H2,1-2H3. The van der Waals surface area contributed by atoms with Gasteiger partial charge in [-0.15, -0.1) is 0 Å². The Labute approximate surface area is 119 Å². The van der Waals surface area contributed by atoms with Gasteiger partial charge in [0.2, 0.25) is 0 Å². The van der Waals surface area contributed by atoms with Crippen LogP contribution in [0.15, 0.2) is 0 Å². The van der Waals surface area contributed by atoms with Crippen molar-refractivity contribution in [2.75, 3.05) is 13.1 Å². The highest BCUT2D eigenvalue weighted by Gasteiger charge is 2.44. The van der Waals surface area contributed by atoms with Crippen LogP contribution in [0.25, 0.3) is 0 Å². The van der Waals surface area contributed by atoms with E-state index in [4.69, 9.17) is 10.2 Å². The largest absolute Gasteiger partial charge is 0.393 e. The van der Waals surface area contributed by atoms with Gasteiger partial charge in [0.15, 0.2) is 0 Å². The van der Waals surface area contributed by atoms with E-state index < -0.39 is 0 Å². The normalized spacial score (nSPS) is 28.0. The average Bonchev–Trinajstić information content (AvgIpc) is 2.66. The molecule has 6 nitrogen and oxygen atoms in total. The van der Waals surface area contributed by atoms with Crippen LogP contribution in [-0.2, 0) is 14.3 Å². The Kier molecular flexibility index (Phi) is 7.12. The second kappa shape index (κ2) is 8.34. The molecule has 2 rings (SSSR count). The number of fused-ring (bicyclic) bond motifs is 1. The van der Waals surface area contributed by atoms with Gasteiger partial charge in [-0.25, -0.2) is 0 Å². The summed E-state index contributed by atoms with van der Waals surface area (Å²) in [6.07, 6.45) is 3.14. The molecule has 0 radical (unpaired) electrons. The van der Waals surface area contributed by atoms with Crippen molar-refractivity contribution in [3.05, 3.63) is 0 Å². The van der Waals surface area contributed by atoms with Gasteiger partial charge in [-0.1, -0.05) is 12.8 Å². The molecule has 0 bridgehead atoms. The lowest BCUT2D eigenvalue weighted by Crippen LogP contribution is -2.30. The molecule has 1 aliphatic carbocycles. The van der Waals surface area contributed by atoms with E-state index in [9.17, 15) is 9.59 Å². The Morgan fingerprint density at radius 2 is 1.45 bits per heavy atom. The molecule has 116 valence electrons. The van der Waals surface area contributed by atoms with Gasteiger partial charge in [-0.3, -0.25) is 9.59 Å². The molecule has 1 saturated carbocycles. The monoisotopic (exact) mass is 287 g/mol. The van der Waals surface area contributed by atoms with Crippen LogP contribution in [0.4, 0.5) is 0 Å². The predicted octanol–water partition coefficient (Wildman–Crippen LogP) is 0.214. The van der Waals surface area contributed by atoms with Crippen LogP contribution >= 0.6 is 0 Å². The minimum absolute atomic E-state index is 0.101. The van der Waals surface area contributed by atoms with Crippen molar-refractivity contribution in [1.82, 2.24) is 5.32 Å². The minimum Gasteiger partial charge on any atom is -0.393 e. The zero-order valence-corrected chi connectivity index (χ0v) is 12.2. The molecular weight excluding hydrogens is 262 g/mol. The number of rotatable bonds is 4. The van der Waals surface area contributed by atoms with Crippen molar-refractivity contribution in [2.24, 2.45) is 11.8 Å². The molecule has 3 N–H and O–H groups in total. The van der Waals surface area contributed by atoms with E-state index >= 15 is 0 Å². The summed E-state index contributed by atoms with van der Waals surface area (Å²) in [4.78, 5) is 22.0. The first-order valence-corrected chi connectivity index (χ1v) is 7.24. The van der Waals surface area contributed by atoms with E-state index in [1.54, 1.807) is 13.8 Å². The SMILES string of the molecule is CC(O)CNCC(C)O.O=C1OC(=O)C2CCCCC12. The van der Waals surface area contributed by atoms with E-state index in [-0.39, 0.29) is 36.0 Å². The van der Waals surface area contributed by atoms with Gasteiger partial charge in [-0.2, -0.15) is 0 Å². The molecule has 0 aromatic carbocycles. The molecule has 0 aromatic rings. The number of hydrogen-bond donors (Lipinski definition) is 3. The summed E-state index contributed by atoms with van der Waals surface area (Å²) in [5.74, 6) is -0.785. The quantitative estimate of drug-likeness (QED) is 0.505. The first-order chi connectivity index (χ1) is 9.41. The first-order valence-electron chi connectivity index (χ1n) is 7.24. The third kappa shape index (κ3) is 5.56. The fourth-order valence-corrected chi connectivity index (χ4v) is 2.45. The number of nitrogens with one attached hydrogen (secondary N) is 1. The van der Waals surface area contributed by atoms with Crippen molar-refractivity contribution in [1.29, 1.82) is 0 Å². The smallest absolute Gasteiger partial charge is 0.317 e. The number of hydrogen-bond acceptors (Lipinski definition) is 6. The molecule has 2 fully saturated rings. The lowest BCUT2D eigenvalue weighted by atomic mass is 9.81. The predicted molar refractivity (Wildman–Crippen MR) is 72.8 cm³/mol. The molecule has 20 heavy (non-hydrogen) atoms. The Morgan fingerprint density at radius 1 is 1.05 bits per heavy atom. The zero-order valence-electron chi connectivity index (χ0n) is 12.2. The summed E-state index contributed by atoms with van der Waals surface area (Å²) in [6, 6.07) is 0. The molecule has 1 saturated heterocycles. The maximum absolute atomic E-state index is 11.0.